The summed E-state index contributed by atoms with van der Waals surface area (Å²) in [6.07, 6.45) is 9.22. The quantitative estimate of drug-likeness (QED) is 0.714. The van der Waals surface area contributed by atoms with Gasteiger partial charge in [-0.05, 0) is 32.1 Å². The summed E-state index contributed by atoms with van der Waals surface area (Å²) in [5, 5.41) is 15.7. The monoisotopic (exact) mass is 295 g/mol. The molecule has 0 aromatic heterocycles. The van der Waals surface area contributed by atoms with Crippen molar-refractivity contribution >= 4 is 5.91 Å². The fourth-order valence-electron chi connectivity index (χ4n) is 4.07. The molecule has 21 heavy (non-hydrogen) atoms. The van der Waals surface area contributed by atoms with Crippen molar-refractivity contribution in [2.24, 2.45) is 0 Å². The molecule has 5 nitrogen and oxygen atoms in total. The second kappa shape index (κ2) is 7.07. The fourth-order valence-corrected chi connectivity index (χ4v) is 4.07. The van der Waals surface area contributed by atoms with Crippen LogP contribution in [0.3, 0.4) is 0 Å². The molecule has 0 radical (unpaired) electrons. The molecule has 2 unspecified atom stereocenters. The van der Waals surface area contributed by atoms with Crippen molar-refractivity contribution in [1.82, 2.24) is 15.5 Å². The number of aliphatic hydroxyl groups excluding tert-OH is 1. The van der Waals surface area contributed by atoms with Crippen LogP contribution in [0.1, 0.15) is 51.4 Å². The molecule has 3 aliphatic rings. The Morgan fingerprint density at radius 3 is 2.43 bits per heavy atom. The van der Waals surface area contributed by atoms with E-state index in [9.17, 15) is 9.90 Å². The predicted octanol–water partition coefficient (Wildman–Crippen LogP) is 0.622. The maximum atomic E-state index is 12.1. The van der Waals surface area contributed by atoms with Gasteiger partial charge >= 0.3 is 0 Å². The van der Waals surface area contributed by atoms with Crippen molar-refractivity contribution in [3.63, 3.8) is 0 Å². The van der Waals surface area contributed by atoms with Crippen LogP contribution in [0.5, 0.6) is 0 Å². The predicted molar refractivity (Wildman–Crippen MR) is 82.0 cm³/mol. The van der Waals surface area contributed by atoms with E-state index in [0.717, 1.165) is 32.0 Å². The van der Waals surface area contributed by atoms with E-state index in [1.165, 1.54) is 32.1 Å². The highest BCUT2D eigenvalue weighted by Crippen LogP contribution is 2.25. The summed E-state index contributed by atoms with van der Waals surface area (Å²) < 4.78 is 0. The van der Waals surface area contributed by atoms with Gasteiger partial charge in [0.2, 0.25) is 5.91 Å². The second-order valence-corrected chi connectivity index (χ2v) is 6.96. The summed E-state index contributed by atoms with van der Waals surface area (Å²) in [6, 6.07) is 0.912. The van der Waals surface area contributed by atoms with E-state index >= 15 is 0 Å². The highest BCUT2D eigenvalue weighted by atomic mass is 16.3. The van der Waals surface area contributed by atoms with Gasteiger partial charge in [-0.2, -0.15) is 0 Å². The Kier molecular flexibility index (Phi) is 5.14. The third kappa shape index (κ3) is 3.96. The lowest BCUT2D eigenvalue weighted by atomic mass is 9.92. The number of rotatable bonds is 3. The fraction of sp³-hybridized carbons (Fsp3) is 0.938. The summed E-state index contributed by atoms with van der Waals surface area (Å²) >= 11 is 0. The molecule has 1 amide bonds. The minimum absolute atomic E-state index is 0.0719. The van der Waals surface area contributed by atoms with Gasteiger partial charge in [-0.1, -0.05) is 19.3 Å². The molecule has 3 fully saturated rings. The van der Waals surface area contributed by atoms with E-state index in [1.807, 2.05) is 0 Å². The molecule has 1 saturated carbocycles. The van der Waals surface area contributed by atoms with Gasteiger partial charge in [0.05, 0.1) is 12.1 Å². The lowest BCUT2D eigenvalue weighted by Crippen LogP contribution is -2.51. The Hall–Kier alpha value is -0.650. The van der Waals surface area contributed by atoms with E-state index in [2.05, 4.69) is 15.5 Å². The molecule has 3 rings (SSSR count). The van der Waals surface area contributed by atoms with Gasteiger partial charge < -0.3 is 20.6 Å². The van der Waals surface area contributed by atoms with E-state index in [-0.39, 0.29) is 18.1 Å². The zero-order valence-electron chi connectivity index (χ0n) is 12.9. The molecule has 5 heteroatoms. The van der Waals surface area contributed by atoms with E-state index < -0.39 is 0 Å². The van der Waals surface area contributed by atoms with Crippen LogP contribution in [0.2, 0.25) is 0 Å². The number of hydrogen-bond acceptors (Lipinski definition) is 4. The van der Waals surface area contributed by atoms with E-state index in [1.54, 1.807) is 0 Å². The highest BCUT2D eigenvalue weighted by Gasteiger charge is 2.31. The first-order chi connectivity index (χ1) is 10.2. The van der Waals surface area contributed by atoms with Crippen molar-refractivity contribution in [2.75, 3.05) is 19.6 Å². The van der Waals surface area contributed by atoms with Crippen LogP contribution in [-0.2, 0) is 4.79 Å². The zero-order valence-corrected chi connectivity index (χ0v) is 12.9. The normalized spacial score (nSPS) is 33.2. The topological polar surface area (TPSA) is 64.6 Å². The third-order valence-electron chi connectivity index (χ3n) is 5.39. The Labute approximate surface area is 127 Å². The number of aliphatic hydroxyl groups is 1. The smallest absolute Gasteiger partial charge is 0.237 e. The number of nitrogens with one attached hydrogen (secondary N) is 2. The Bertz CT molecular complexity index is 349. The van der Waals surface area contributed by atoms with Crippen LogP contribution in [0.25, 0.3) is 0 Å². The van der Waals surface area contributed by atoms with Crippen molar-refractivity contribution in [3.05, 3.63) is 0 Å². The number of nitrogens with zero attached hydrogens (tertiary/aromatic N) is 1. The Morgan fingerprint density at radius 2 is 1.81 bits per heavy atom. The average Bonchev–Trinajstić information content (AvgIpc) is 2.96. The largest absolute Gasteiger partial charge is 0.392 e. The maximum Gasteiger partial charge on any atom is 0.237 e. The van der Waals surface area contributed by atoms with E-state index in [4.69, 9.17) is 0 Å². The minimum Gasteiger partial charge on any atom is -0.392 e. The SMILES string of the molecule is O=C(NC1CCN(C2CCCCC2)CC1)C1CC(O)CN1. The molecule has 0 aromatic carbocycles. The molecule has 0 aromatic rings. The molecule has 120 valence electrons. The van der Waals surface area contributed by atoms with Crippen LogP contribution in [-0.4, -0.2) is 59.8 Å². The molecule has 2 saturated heterocycles. The lowest BCUT2D eigenvalue weighted by molar-refractivity contribution is -0.124. The van der Waals surface area contributed by atoms with Crippen molar-refractivity contribution in [3.8, 4) is 0 Å². The van der Waals surface area contributed by atoms with Gasteiger partial charge in [-0.3, -0.25) is 4.79 Å². The van der Waals surface area contributed by atoms with Gasteiger partial charge in [-0.25, -0.2) is 0 Å². The molecule has 1 aliphatic carbocycles. The van der Waals surface area contributed by atoms with Crippen LogP contribution < -0.4 is 10.6 Å². The molecule has 0 bridgehead atoms. The first kappa shape index (κ1) is 15.3. The number of piperidine rings is 1. The average molecular weight is 295 g/mol. The van der Waals surface area contributed by atoms with Gasteiger partial charge in [0, 0.05) is 31.7 Å². The minimum atomic E-state index is -0.367. The Morgan fingerprint density at radius 1 is 1.10 bits per heavy atom. The van der Waals surface area contributed by atoms with Gasteiger partial charge in [0.25, 0.3) is 0 Å². The van der Waals surface area contributed by atoms with Gasteiger partial charge in [-0.15, -0.1) is 0 Å². The molecule has 2 heterocycles. The lowest BCUT2D eigenvalue weighted by Gasteiger charge is -2.39. The summed E-state index contributed by atoms with van der Waals surface area (Å²) in [5.74, 6) is 0.0719. The Balaban J connectivity index is 1.40. The van der Waals surface area contributed by atoms with Crippen molar-refractivity contribution in [2.45, 2.75) is 75.6 Å². The summed E-state index contributed by atoms with van der Waals surface area (Å²) in [4.78, 5) is 14.8. The molecular formula is C16H29N3O2. The van der Waals surface area contributed by atoms with Crippen molar-refractivity contribution < 1.29 is 9.90 Å². The first-order valence-corrected chi connectivity index (χ1v) is 8.68. The maximum absolute atomic E-state index is 12.1. The number of carbonyl (C=O) groups is 1. The summed E-state index contributed by atoms with van der Waals surface area (Å²) in [5.41, 5.74) is 0. The molecule has 0 spiro atoms. The number of hydrogen-bond donors (Lipinski definition) is 3. The van der Waals surface area contributed by atoms with Crippen molar-refractivity contribution in [1.29, 1.82) is 0 Å². The van der Waals surface area contributed by atoms with Crippen LogP contribution in [0.15, 0.2) is 0 Å². The van der Waals surface area contributed by atoms with Crippen LogP contribution >= 0.6 is 0 Å². The first-order valence-electron chi connectivity index (χ1n) is 8.68. The molecule has 2 atom stereocenters. The third-order valence-corrected chi connectivity index (χ3v) is 5.39. The molecular weight excluding hydrogens is 266 g/mol. The summed E-state index contributed by atoms with van der Waals surface area (Å²) in [6.45, 7) is 2.78. The van der Waals surface area contributed by atoms with Gasteiger partial charge in [0.1, 0.15) is 0 Å². The number of β-amino-alcohol motifs (C(OH)–C–C–N with tert-alkyl or cyclic N) is 1. The standard InChI is InChI=1S/C16H29N3O2/c20-14-10-15(17-11-14)16(21)18-12-6-8-19(9-7-12)13-4-2-1-3-5-13/h12-15,17,20H,1-11H2,(H,18,21). The van der Waals surface area contributed by atoms with Crippen LogP contribution in [0, 0.1) is 0 Å². The number of carbonyl (C=O) groups excluding carboxylic acids is 1. The van der Waals surface area contributed by atoms with E-state index in [0.29, 0.717) is 19.0 Å². The second-order valence-electron chi connectivity index (χ2n) is 6.96. The number of likely N-dealkylation sites (tertiary alicyclic amines) is 1. The van der Waals surface area contributed by atoms with Gasteiger partial charge in [0.15, 0.2) is 0 Å². The summed E-state index contributed by atoms with van der Waals surface area (Å²) in [7, 11) is 0. The highest BCUT2D eigenvalue weighted by molar-refractivity contribution is 5.82. The molecule has 3 N–H and O–H groups in total. The zero-order chi connectivity index (χ0) is 14.7. The number of amides is 1. The molecule has 2 aliphatic heterocycles. The van der Waals surface area contributed by atoms with Crippen LogP contribution in [0.4, 0.5) is 0 Å².